The lowest BCUT2D eigenvalue weighted by Gasteiger charge is -2.46. The van der Waals surface area contributed by atoms with Crippen LogP contribution in [-0.4, -0.2) is 97.3 Å². The number of carbonyl (C=O) groups is 3. The molecular formula is C15H26N2O10. The first-order valence-corrected chi connectivity index (χ1v) is 8.26. The molecule has 0 aromatic rings. The predicted molar refractivity (Wildman–Crippen MR) is 87.0 cm³/mol. The Balaban J connectivity index is 3.15. The Hall–Kier alpha value is -1.83. The minimum Gasteiger partial charge on any atom is -0.477 e. The van der Waals surface area contributed by atoms with Crippen LogP contribution in [0.25, 0.3) is 0 Å². The van der Waals surface area contributed by atoms with Crippen molar-refractivity contribution in [1.29, 1.82) is 0 Å². The molecule has 1 unspecified atom stereocenters. The minimum absolute atomic E-state index is 0.525. The van der Waals surface area contributed by atoms with Gasteiger partial charge in [-0.3, -0.25) is 9.59 Å². The van der Waals surface area contributed by atoms with Crippen LogP contribution in [0.4, 0.5) is 0 Å². The zero-order valence-electron chi connectivity index (χ0n) is 14.9. The van der Waals surface area contributed by atoms with Crippen LogP contribution >= 0.6 is 0 Å². The van der Waals surface area contributed by atoms with Gasteiger partial charge in [0.15, 0.2) is 0 Å². The van der Waals surface area contributed by atoms with Gasteiger partial charge in [0.25, 0.3) is 5.79 Å². The Kier molecular flexibility index (Phi) is 8.07. The Bertz CT molecular complexity index is 557. The fraction of sp³-hybridized carbons (Fsp3) is 0.800. The third-order valence-corrected chi connectivity index (χ3v) is 4.12. The van der Waals surface area contributed by atoms with Crippen molar-refractivity contribution in [3.05, 3.63) is 0 Å². The van der Waals surface area contributed by atoms with E-state index in [1.54, 1.807) is 0 Å². The van der Waals surface area contributed by atoms with E-state index in [9.17, 15) is 39.9 Å². The highest BCUT2D eigenvalue weighted by atomic mass is 16.7. The molecule has 8 N–H and O–H groups in total. The van der Waals surface area contributed by atoms with Gasteiger partial charge in [-0.25, -0.2) is 4.79 Å². The Morgan fingerprint density at radius 3 is 2.33 bits per heavy atom. The maximum Gasteiger partial charge on any atom is 0.364 e. The number of hydrogen-bond donors (Lipinski definition) is 8. The second-order valence-electron chi connectivity index (χ2n) is 6.54. The monoisotopic (exact) mass is 394 g/mol. The molecule has 1 heterocycles. The largest absolute Gasteiger partial charge is 0.477 e. The first kappa shape index (κ1) is 23.2. The normalized spacial score (nSPS) is 31.4. The highest BCUT2D eigenvalue weighted by Gasteiger charge is 2.54. The van der Waals surface area contributed by atoms with Crippen molar-refractivity contribution >= 4 is 17.8 Å². The number of aliphatic hydroxyl groups is 5. The molecular weight excluding hydrogens is 368 g/mol. The lowest BCUT2D eigenvalue weighted by molar-refractivity contribution is -0.283. The molecule has 1 saturated heterocycles. The lowest BCUT2D eigenvalue weighted by atomic mass is 9.87. The molecule has 1 aliphatic rings. The molecule has 0 aromatic heterocycles. The SMILES string of the molecule is CC(=O)N[C@@H]1[C@H]([C@@H](NC(=O)CC(O)CO)[C@H](C)O)O[C@](O)(C(=O)O)C[C@@H]1O. The molecule has 27 heavy (non-hydrogen) atoms. The van der Waals surface area contributed by atoms with Gasteiger partial charge in [-0.05, 0) is 6.92 Å². The molecule has 7 atom stereocenters. The number of carboxylic acid groups (broad SMARTS) is 1. The van der Waals surface area contributed by atoms with Crippen molar-refractivity contribution in [1.82, 2.24) is 10.6 Å². The molecule has 0 saturated carbocycles. The summed E-state index contributed by atoms with van der Waals surface area (Å²) in [6.45, 7) is 1.69. The van der Waals surface area contributed by atoms with Crippen LogP contribution in [-0.2, 0) is 19.1 Å². The fourth-order valence-corrected chi connectivity index (χ4v) is 2.82. The minimum atomic E-state index is -2.80. The van der Waals surface area contributed by atoms with E-state index in [1.807, 2.05) is 0 Å². The van der Waals surface area contributed by atoms with E-state index in [-0.39, 0.29) is 0 Å². The number of carbonyl (C=O) groups excluding carboxylic acids is 2. The lowest BCUT2D eigenvalue weighted by Crippen LogP contribution is -2.69. The van der Waals surface area contributed by atoms with Crippen molar-refractivity contribution < 1.29 is 49.8 Å². The van der Waals surface area contributed by atoms with Crippen LogP contribution < -0.4 is 10.6 Å². The van der Waals surface area contributed by atoms with E-state index in [4.69, 9.17) is 9.84 Å². The quantitative estimate of drug-likeness (QED) is 0.200. The highest BCUT2D eigenvalue weighted by Crippen LogP contribution is 2.30. The maximum atomic E-state index is 12.0. The van der Waals surface area contributed by atoms with Crippen LogP contribution in [0, 0.1) is 0 Å². The summed E-state index contributed by atoms with van der Waals surface area (Å²) in [5.74, 6) is -6.01. The summed E-state index contributed by atoms with van der Waals surface area (Å²) in [6.07, 6.45) is -7.08. The third kappa shape index (κ3) is 6.09. The van der Waals surface area contributed by atoms with E-state index >= 15 is 0 Å². The molecule has 1 fully saturated rings. The summed E-state index contributed by atoms with van der Waals surface area (Å²) < 4.78 is 5.17. The van der Waals surface area contributed by atoms with E-state index in [0.717, 1.165) is 6.92 Å². The maximum absolute atomic E-state index is 12.0. The van der Waals surface area contributed by atoms with Crippen molar-refractivity contribution in [2.45, 2.75) is 69.0 Å². The number of carboxylic acids is 1. The van der Waals surface area contributed by atoms with Gasteiger partial charge in [0, 0.05) is 13.3 Å². The molecule has 0 radical (unpaired) electrons. The molecule has 2 amide bonds. The molecule has 1 rings (SSSR count). The average molecular weight is 394 g/mol. The van der Waals surface area contributed by atoms with E-state index < -0.39 is 79.5 Å². The Morgan fingerprint density at radius 2 is 1.89 bits per heavy atom. The van der Waals surface area contributed by atoms with Gasteiger partial charge in [-0.2, -0.15) is 0 Å². The fourth-order valence-electron chi connectivity index (χ4n) is 2.82. The summed E-state index contributed by atoms with van der Waals surface area (Å²) in [5, 5.41) is 62.3. The standard InChI is InChI=1S/C15H26N2O10/c1-6(19)11(17-10(23)3-8(21)5-18)13-12(16-7(2)20)9(22)4-15(26,27-13)14(24)25/h6,8-9,11-13,18-19,21-22,26H,3-5H2,1-2H3,(H,16,20)(H,17,23)(H,24,25)/t6-,8?,9-,11-,12-,13-,15-/m0/s1. The molecule has 12 heteroatoms. The molecule has 0 aromatic carbocycles. The van der Waals surface area contributed by atoms with Crippen LogP contribution in [0.1, 0.15) is 26.7 Å². The molecule has 0 aliphatic carbocycles. The predicted octanol–water partition coefficient (Wildman–Crippen LogP) is -3.98. The van der Waals surface area contributed by atoms with Crippen molar-refractivity contribution in [2.75, 3.05) is 6.61 Å². The zero-order valence-corrected chi connectivity index (χ0v) is 14.9. The number of nitrogens with one attached hydrogen (secondary N) is 2. The summed E-state index contributed by atoms with van der Waals surface area (Å²) in [6, 6.07) is -2.61. The Labute approximate surface area is 154 Å². The van der Waals surface area contributed by atoms with Crippen LogP contribution in [0.5, 0.6) is 0 Å². The summed E-state index contributed by atoms with van der Waals surface area (Å²) in [5.41, 5.74) is 0. The van der Waals surface area contributed by atoms with Crippen LogP contribution in [0.3, 0.4) is 0 Å². The van der Waals surface area contributed by atoms with Gasteiger partial charge in [0.1, 0.15) is 6.10 Å². The second-order valence-corrected chi connectivity index (χ2v) is 6.54. The van der Waals surface area contributed by atoms with Gasteiger partial charge >= 0.3 is 5.97 Å². The molecule has 1 aliphatic heterocycles. The van der Waals surface area contributed by atoms with E-state index in [1.165, 1.54) is 6.92 Å². The highest BCUT2D eigenvalue weighted by molar-refractivity contribution is 5.77. The number of ether oxygens (including phenoxy) is 1. The van der Waals surface area contributed by atoms with Crippen molar-refractivity contribution in [3.8, 4) is 0 Å². The second kappa shape index (κ2) is 9.39. The molecule has 0 bridgehead atoms. The molecule has 12 nitrogen and oxygen atoms in total. The van der Waals surface area contributed by atoms with Gasteiger partial charge in [-0.15, -0.1) is 0 Å². The number of rotatable bonds is 8. The number of aliphatic carboxylic acids is 1. The average Bonchev–Trinajstić information content (AvgIpc) is 2.54. The summed E-state index contributed by atoms with van der Waals surface area (Å²) >= 11 is 0. The first-order valence-electron chi connectivity index (χ1n) is 8.26. The summed E-state index contributed by atoms with van der Waals surface area (Å²) in [4.78, 5) is 34.7. The number of amides is 2. The van der Waals surface area contributed by atoms with Gasteiger partial charge in [-0.1, -0.05) is 0 Å². The Morgan fingerprint density at radius 1 is 1.30 bits per heavy atom. The van der Waals surface area contributed by atoms with E-state index in [2.05, 4.69) is 10.6 Å². The number of hydrogen-bond acceptors (Lipinski definition) is 9. The number of aliphatic hydroxyl groups excluding tert-OH is 4. The molecule has 156 valence electrons. The third-order valence-electron chi connectivity index (χ3n) is 4.12. The topological polar surface area (TPSA) is 206 Å². The van der Waals surface area contributed by atoms with E-state index in [0.29, 0.717) is 0 Å². The van der Waals surface area contributed by atoms with Gasteiger partial charge in [0.2, 0.25) is 11.8 Å². The van der Waals surface area contributed by atoms with Crippen LogP contribution in [0.15, 0.2) is 0 Å². The zero-order chi connectivity index (χ0) is 20.9. The van der Waals surface area contributed by atoms with Crippen molar-refractivity contribution in [3.63, 3.8) is 0 Å². The molecule has 0 spiro atoms. The summed E-state index contributed by atoms with van der Waals surface area (Å²) in [7, 11) is 0. The van der Waals surface area contributed by atoms with Crippen LogP contribution in [0.2, 0.25) is 0 Å². The first-order chi connectivity index (χ1) is 12.4. The van der Waals surface area contributed by atoms with Crippen molar-refractivity contribution in [2.24, 2.45) is 0 Å². The smallest absolute Gasteiger partial charge is 0.364 e. The van der Waals surface area contributed by atoms with Gasteiger partial charge in [0.05, 0.1) is 43.4 Å². The van der Waals surface area contributed by atoms with Gasteiger partial charge < -0.3 is 46.0 Å².